The van der Waals surface area contributed by atoms with Crippen LogP contribution >= 0.6 is 11.3 Å². The van der Waals surface area contributed by atoms with E-state index < -0.39 is 15.6 Å². The summed E-state index contributed by atoms with van der Waals surface area (Å²) < 4.78 is 26.6. The highest BCUT2D eigenvalue weighted by molar-refractivity contribution is 7.91. The van der Waals surface area contributed by atoms with Gasteiger partial charge in [0, 0.05) is 11.2 Å². The summed E-state index contributed by atoms with van der Waals surface area (Å²) in [5.74, 6) is 0. The highest BCUT2D eigenvalue weighted by Crippen LogP contribution is 2.19. The summed E-state index contributed by atoms with van der Waals surface area (Å²) >= 11 is 0.711. The molecule has 0 bridgehead atoms. The Morgan fingerprint density at radius 3 is 2.38 bits per heavy atom. The van der Waals surface area contributed by atoms with Gasteiger partial charge in [-0.15, -0.1) is 0 Å². The van der Waals surface area contributed by atoms with Gasteiger partial charge in [0.2, 0.25) is 0 Å². The molecule has 92 valence electrons. The van der Waals surface area contributed by atoms with E-state index in [2.05, 4.69) is 9.71 Å². The molecule has 16 heavy (non-hydrogen) atoms. The molecule has 7 heteroatoms. The average molecular weight is 264 g/mol. The molecule has 0 fully saturated rings. The lowest BCUT2D eigenvalue weighted by Crippen LogP contribution is -2.42. The molecule has 0 spiro atoms. The van der Waals surface area contributed by atoms with Gasteiger partial charge in [0.1, 0.15) is 0 Å². The lowest BCUT2D eigenvalue weighted by molar-refractivity contribution is 0.440. The molecule has 0 aliphatic rings. The van der Waals surface area contributed by atoms with Crippen LogP contribution in [0.3, 0.4) is 0 Å². The van der Waals surface area contributed by atoms with Crippen molar-refractivity contribution >= 4 is 21.4 Å². The fourth-order valence-electron chi connectivity index (χ4n) is 1.13. The van der Waals surface area contributed by atoms with Crippen molar-refractivity contribution in [1.29, 1.82) is 0 Å². The van der Waals surface area contributed by atoms with E-state index in [-0.39, 0.29) is 9.08 Å². The van der Waals surface area contributed by atoms with Crippen molar-refractivity contribution in [2.24, 2.45) is 0 Å². The topological polar surface area (TPSA) is 79.0 Å². The monoisotopic (exact) mass is 264 g/mol. The smallest absolute Gasteiger partial charge is 0.305 e. The molecule has 0 aliphatic carbocycles. The Kier molecular flexibility index (Phi) is 3.61. The highest BCUT2D eigenvalue weighted by atomic mass is 32.2. The molecule has 5 nitrogen and oxygen atoms in total. The molecule has 1 heterocycles. The van der Waals surface area contributed by atoms with Crippen LogP contribution in [0.15, 0.2) is 9.00 Å². The molecule has 0 saturated heterocycles. The summed E-state index contributed by atoms with van der Waals surface area (Å²) in [7, 11) is -3.60. The molecule has 1 aromatic heterocycles. The van der Waals surface area contributed by atoms with Gasteiger partial charge in [0.25, 0.3) is 10.0 Å². The predicted molar refractivity (Wildman–Crippen MR) is 64.4 cm³/mol. The molecule has 2 N–H and O–H groups in total. The third-order valence-corrected chi connectivity index (χ3v) is 5.62. The summed E-state index contributed by atoms with van der Waals surface area (Å²) in [5, 5.41) is 0. The van der Waals surface area contributed by atoms with Gasteiger partial charge < -0.3 is 4.98 Å². The molecule has 1 rings (SSSR count). The summed E-state index contributed by atoms with van der Waals surface area (Å²) in [6.07, 6.45) is 0.671. The fourth-order valence-corrected chi connectivity index (χ4v) is 3.92. The second-order valence-corrected chi connectivity index (χ2v) is 7.13. The molecule has 1 aromatic rings. The van der Waals surface area contributed by atoms with Gasteiger partial charge in [-0.05, 0) is 27.2 Å². The minimum Gasteiger partial charge on any atom is -0.315 e. The number of hydrogen-bond donors (Lipinski definition) is 2. The highest BCUT2D eigenvalue weighted by Gasteiger charge is 2.27. The number of rotatable bonds is 4. The van der Waals surface area contributed by atoms with Crippen molar-refractivity contribution in [3.8, 4) is 0 Å². The van der Waals surface area contributed by atoms with E-state index >= 15 is 0 Å². The number of aryl methyl sites for hydroxylation is 1. The summed E-state index contributed by atoms with van der Waals surface area (Å²) in [5.41, 5.74) is -0.132. The quantitative estimate of drug-likeness (QED) is 0.858. The molecule has 0 atom stereocenters. The number of H-pyrrole nitrogens is 1. The summed E-state index contributed by atoms with van der Waals surface area (Å²) in [6, 6.07) is 0. The standard InChI is InChI=1S/C9H16N2O3S2/c1-5-9(3,4)11-16(13,14)7-6(2)10-8(12)15-7/h11H,5H2,1-4H3,(H,10,12). The normalized spacial score (nSPS) is 13.0. The maximum atomic E-state index is 12.0. The van der Waals surface area contributed by atoms with E-state index in [0.717, 1.165) is 0 Å². The molecule has 0 unspecified atom stereocenters. The zero-order valence-electron chi connectivity index (χ0n) is 9.75. The third kappa shape index (κ3) is 2.93. The molecular weight excluding hydrogens is 248 g/mol. The van der Waals surface area contributed by atoms with Gasteiger partial charge in [-0.2, -0.15) is 0 Å². The molecule has 0 saturated carbocycles. The van der Waals surface area contributed by atoms with Crippen molar-refractivity contribution < 1.29 is 8.42 Å². The maximum absolute atomic E-state index is 12.0. The van der Waals surface area contributed by atoms with Crippen LogP contribution < -0.4 is 9.60 Å². The number of nitrogens with one attached hydrogen (secondary N) is 2. The van der Waals surface area contributed by atoms with Crippen molar-refractivity contribution in [3.63, 3.8) is 0 Å². The van der Waals surface area contributed by atoms with E-state index in [1.165, 1.54) is 0 Å². The predicted octanol–water partition coefficient (Wildman–Crippen LogP) is 1.21. The number of aromatic amines is 1. The van der Waals surface area contributed by atoms with Gasteiger partial charge in [0.15, 0.2) is 4.21 Å². The Morgan fingerprint density at radius 2 is 2.00 bits per heavy atom. The van der Waals surface area contributed by atoms with Gasteiger partial charge in [-0.1, -0.05) is 18.3 Å². The lowest BCUT2D eigenvalue weighted by atomic mass is 10.0. The van der Waals surface area contributed by atoms with Crippen LogP contribution in [0.5, 0.6) is 0 Å². The Labute approximate surface area is 99.0 Å². The molecular formula is C9H16N2O3S2. The van der Waals surface area contributed by atoms with E-state index in [1.54, 1.807) is 20.8 Å². The number of hydrogen-bond acceptors (Lipinski definition) is 4. The van der Waals surface area contributed by atoms with Crippen molar-refractivity contribution in [3.05, 3.63) is 15.4 Å². The van der Waals surface area contributed by atoms with Crippen LogP contribution in [0.2, 0.25) is 0 Å². The van der Waals surface area contributed by atoms with Crippen LogP contribution in [0.25, 0.3) is 0 Å². The lowest BCUT2D eigenvalue weighted by Gasteiger charge is -2.23. The van der Waals surface area contributed by atoms with E-state index in [9.17, 15) is 13.2 Å². The van der Waals surface area contributed by atoms with Crippen LogP contribution in [-0.4, -0.2) is 18.9 Å². The first kappa shape index (κ1) is 13.4. The average Bonchev–Trinajstić information content (AvgIpc) is 2.44. The second kappa shape index (κ2) is 4.31. The van der Waals surface area contributed by atoms with Gasteiger partial charge in [-0.3, -0.25) is 4.79 Å². The number of aromatic nitrogens is 1. The first-order valence-electron chi connectivity index (χ1n) is 4.91. The molecule has 0 amide bonds. The number of thiazole rings is 1. The Morgan fingerprint density at radius 1 is 1.44 bits per heavy atom. The fraction of sp³-hybridized carbons (Fsp3) is 0.667. The minimum atomic E-state index is -3.60. The summed E-state index contributed by atoms with van der Waals surface area (Å²) in [4.78, 5) is 13.2. The van der Waals surface area contributed by atoms with Crippen LogP contribution in [0, 0.1) is 6.92 Å². The van der Waals surface area contributed by atoms with Gasteiger partial charge in [-0.25, -0.2) is 13.1 Å². The molecule has 0 radical (unpaired) electrons. The first-order chi connectivity index (χ1) is 7.18. The summed E-state index contributed by atoms with van der Waals surface area (Å²) in [6.45, 7) is 7.07. The van der Waals surface area contributed by atoms with E-state index in [0.29, 0.717) is 23.5 Å². The van der Waals surface area contributed by atoms with Gasteiger partial charge in [0.05, 0.1) is 0 Å². The Bertz CT molecular complexity index is 525. The van der Waals surface area contributed by atoms with Crippen LogP contribution in [0.4, 0.5) is 0 Å². The van der Waals surface area contributed by atoms with Crippen LogP contribution in [0.1, 0.15) is 32.9 Å². The largest absolute Gasteiger partial charge is 0.315 e. The van der Waals surface area contributed by atoms with Crippen molar-refractivity contribution in [2.45, 2.75) is 43.9 Å². The SMILES string of the molecule is CCC(C)(C)NS(=O)(=O)c1sc(=O)[nH]c1C. The maximum Gasteiger partial charge on any atom is 0.305 e. The van der Waals surface area contributed by atoms with Crippen molar-refractivity contribution in [2.75, 3.05) is 0 Å². The number of sulfonamides is 1. The first-order valence-corrected chi connectivity index (χ1v) is 7.21. The zero-order chi connectivity index (χ0) is 12.6. The molecule has 0 aliphatic heterocycles. The van der Waals surface area contributed by atoms with E-state index in [4.69, 9.17) is 0 Å². The minimum absolute atomic E-state index is 0.0685. The van der Waals surface area contributed by atoms with Crippen LogP contribution in [-0.2, 0) is 10.0 Å². The third-order valence-electron chi connectivity index (χ3n) is 2.32. The zero-order valence-corrected chi connectivity index (χ0v) is 11.4. The van der Waals surface area contributed by atoms with E-state index in [1.807, 2.05) is 6.92 Å². The Balaban J connectivity index is 3.13. The van der Waals surface area contributed by atoms with Gasteiger partial charge >= 0.3 is 4.87 Å². The molecule has 0 aromatic carbocycles. The second-order valence-electron chi connectivity index (χ2n) is 4.27. The van der Waals surface area contributed by atoms with Crippen molar-refractivity contribution in [1.82, 2.24) is 9.71 Å². The Hall–Kier alpha value is -0.660.